The van der Waals surface area contributed by atoms with E-state index in [0.717, 1.165) is 15.6 Å². The van der Waals surface area contributed by atoms with Gasteiger partial charge in [-0.05, 0) is 13.0 Å². The van der Waals surface area contributed by atoms with E-state index in [9.17, 15) is 4.79 Å². The number of nitrogens with two attached hydrogens (primary N) is 1. The first-order valence-electron chi connectivity index (χ1n) is 5.19. The van der Waals surface area contributed by atoms with Crippen molar-refractivity contribution in [2.24, 2.45) is 5.73 Å². The molecule has 2 aromatic rings. The van der Waals surface area contributed by atoms with Gasteiger partial charge >= 0.3 is 0 Å². The molecule has 3 nitrogen and oxygen atoms in total. The second-order valence-electron chi connectivity index (χ2n) is 3.76. The summed E-state index contributed by atoms with van der Waals surface area (Å²) >= 11 is 1.58. The molecule has 16 heavy (non-hydrogen) atoms. The first kappa shape index (κ1) is 11.1. The highest BCUT2D eigenvalue weighted by Gasteiger charge is 2.13. The first-order valence-corrected chi connectivity index (χ1v) is 6.07. The van der Waals surface area contributed by atoms with E-state index < -0.39 is 0 Å². The van der Waals surface area contributed by atoms with Gasteiger partial charge in [-0.3, -0.25) is 4.79 Å². The van der Waals surface area contributed by atoms with Crippen molar-refractivity contribution in [1.82, 2.24) is 5.32 Å². The maximum absolute atomic E-state index is 11.9. The van der Waals surface area contributed by atoms with Crippen LogP contribution in [0.3, 0.4) is 0 Å². The van der Waals surface area contributed by atoms with Gasteiger partial charge in [0.15, 0.2) is 0 Å². The van der Waals surface area contributed by atoms with E-state index in [1.54, 1.807) is 11.3 Å². The summed E-state index contributed by atoms with van der Waals surface area (Å²) in [5.74, 6) is -0.0459. The van der Waals surface area contributed by atoms with Crippen LogP contribution in [0.2, 0.25) is 0 Å². The van der Waals surface area contributed by atoms with E-state index in [1.165, 1.54) is 0 Å². The van der Waals surface area contributed by atoms with Crippen molar-refractivity contribution in [2.75, 3.05) is 6.54 Å². The molecule has 2 rings (SSSR count). The number of amides is 1. The minimum absolute atomic E-state index is 0.00571. The fourth-order valence-electron chi connectivity index (χ4n) is 1.51. The highest BCUT2D eigenvalue weighted by Crippen LogP contribution is 2.25. The number of nitrogens with one attached hydrogen (secondary N) is 1. The summed E-state index contributed by atoms with van der Waals surface area (Å²) in [4.78, 5) is 11.9. The lowest BCUT2D eigenvalue weighted by Gasteiger charge is -2.10. The highest BCUT2D eigenvalue weighted by atomic mass is 32.1. The van der Waals surface area contributed by atoms with Gasteiger partial charge in [0.25, 0.3) is 5.91 Å². The van der Waals surface area contributed by atoms with Gasteiger partial charge in [-0.15, -0.1) is 11.3 Å². The molecule has 0 fully saturated rings. The Morgan fingerprint density at radius 2 is 2.25 bits per heavy atom. The van der Waals surface area contributed by atoms with Crippen molar-refractivity contribution in [3.05, 3.63) is 35.2 Å². The van der Waals surface area contributed by atoms with Crippen molar-refractivity contribution in [2.45, 2.75) is 13.0 Å². The second-order valence-corrected chi connectivity index (χ2v) is 4.67. The number of benzene rings is 1. The first-order chi connectivity index (χ1) is 7.72. The van der Waals surface area contributed by atoms with Crippen molar-refractivity contribution < 1.29 is 4.79 Å². The van der Waals surface area contributed by atoms with Gasteiger partial charge in [0, 0.05) is 28.1 Å². The number of thiophene rings is 1. The van der Waals surface area contributed by atoms with Gasteiger partial charge in [-0.1, -0.05) is 18.2 Å². The van der Waals surface area contributed by atoms with E-state index >= 15 is 0 Å². The molecule has 0 saturated heterocycles. The summed E-state index contributed by atoms with van der Waals surface area (Å²) in [6, 6.07) is 7.91. The third-order valence-electron chi connectivity index (χ3n) is 2.46. The molecule has 0 saturated carbocycles. The Morgan fingerprint density at radius 3 is 3.00 bits per heavy atom. The van der Waals surface area contributed by atoms with Crippen LogP contribution >= 0.6 is 11.3 Å². The average molecular weight is 234 g/mol. The molecule has 0 aliphatic heterocycles. The van der Waals surface area contributed by atoms with E-state index in [2.05, 4.69) is 5.32 Å². The monoisotopic (exact) mass is 234 g/mol. The molecular weight excluding hydrogens is 220 g/mol. The molecule has 0 radical (unpaired) electrons. The Hall–Kier alpha value is -1.39. The quantitative estimate of drug-likeness (QED) is 0.853. The molecule has 0 aliphatic carbocycles. The highest BCUT2D eigenvalue weighted by molar-refractivity contribution is 7.17. The molecule has 1 heterocycles. The zero-order chi connectivity index (χ0) is 11.5. The van der Waals surface area contributed by atoms with Crippen molar-refractivity contribution in [3.63, 3.8) is 0 Å². The summed E-state index contributed by atoms with van der Waals surface area (Å²) in [7, 11) is 0. The molecule has 84 valence electrons. The number of hydrogen-bond acceptors (Lipinski definition) is 3. The summed E-state index contributed by atoms with van der Waals surface area (Å²) in [5.41, 5.74) is 6.21. The van der Waals surface area contributed by atoms with Crippen LogP contribution in [0.15, 0.2) is 29.6 Å². The Balaban J connectivity index is 2.30. The number of fused-ring (bicyclic) bond motifs is 1. The smallest absolute Gasteiger partial charge is 0.253 e. The van der Waals surface area contributed by atoms with Crippen LogP contribution < -0.4 is 11.1 Å². The Morgan fingerprint density at radius 1 is 1.50 bits per heavy atom. The number of carbonyl (C=O) groups excluding carboxylic acids is 1. The maximum Gasteiger partial charge on any atom is 0.253 e. The summed E-state index contributed by atoms with van der Waals surface area (Å²) in [6.07, 6.45) is 0. The van der Waals surface area contributed by atoms with Crippen LogP contribution in [0.1, 0.15) is 17.3 Å². The predicted molar refractivity (Wildman–Crippen MR) is 67.8 cm³/mol. The normalized spacial score (nSPS) is 12.6. The maximum atomic E-state index is 11.9. The number of rotatable bonds is 3. The SMILES string of the molecule is CC(CN)NC(=O)c1csc2ccccc12. The Bertz CT molecular complexity index is 506. The third-order valence-corrected chi connectivity index (χ3v) is 3.42. The van der Waals surface area contributed by atoms with Gasteiger partial charge in [0.2, 0.25) is 0 Å². The van der Waals surface area contributed by atoms with E-state index in [-0.39, 0.29) is 11.9 Å². The van der Waals surface area contributed by atoms with Gasteiger partial charge in [0.05, 0.1) is 5.56 Å². The van der Waals surface area contributed by atoms with E-state index in [4.69, 9.17) is 5.73 Å². The zero-order valence-corrected chi connectivity index (χ0v) is 9.88. The molecular formula is C12H14N2OS. The predicted octanol–water partition coefficient (Wildman–Crippen LogP) is 1.98. The summed E-state index contributed by atoms with van der Waals surface area (Å²) in [5, 5.41) is 5.77. The van der Waals surface area contributed by atoms with Crippen molar-refractivity contribution in [3.8, 4) is 0 Å². The van der Waals surface area contributed by atoms with Gasteiger partial charge < -0.3 is 11.1 Å². The molecule has 4 heteroatoms. The lowest BCUT2D eigenvalue weighted by molar-refractivity contribution is 0.0943. The molecule has 1 atom stereocenters. The van der Waals surface area contributed by atoms with Gasteiger partial charge in [-0.25, -0.2) is 0 Å². The third kappa shape index (κ3) is 2.08. The Labute approximate surface area is 98.3 Å². The topological polar surface area (TPSA) is 55.1 Å². The average Bonchev–Trinajstić information content (AvgIpc) is 2.72. The molecule has 0 aliphatic rings. The van der Waals surface area contributed by atoms with E-state index in [1.807, 2.05) is 36.6 Å². The summed E-state index contributed by atoms with van der Waals surface area (Å²) in [6.45, 7) is 2.35. The molecule has 1 amide bonds. The van der Waals surface area contributed by atoms with Crippen LogP contribution in [-0.2, 0) is 0 Å². The number of hydrogen-bond donors (Lipinski definition) is 2. The molecule has 3 N–H and O–H groups in total. The molecule has 0 spiro atoms. The van der Waals surface area contributed by atoms with Gasteiger partial charge in [0.1, 0.15) is 0 Å². The second kappa shape index (κ2) is 4.63. The van der Waals surface area contributed by atoms with Crippen LogP contribution in [0.25, 0.3) is 10.1 Å². The van der Waals surface area contributed by atoms with Crippen LogP contribution in [0.4, 0.5) is 0 Å². The molecule has 1 aromatic heterocycles. The fourth-order valence-corrected chi connectivity index (χ4v) is 2.46. The minimum Gasteiger partial charge on any atom is -0.348 e. The van der Waals surface area contributed by atoms with Crippen molar-refractivity contribution >= 4 is 27.3 Å². The van der Waals surface area contributed by atoms with Gasteiger partial charge in [-0.2, -0.15) is 0 Å². The Kier molecular flexibility index (Phi) is 3.22. The fraction of sp³-hybridized carbons (Fsp3) is 0.250. The lowest BCUT2D eigenvalue weighted by atomic mass is 10.1. The number of carbonyl (C=O) groups is 1. The van der Waals surface area contributed by atoms with E-state index in [0.29, 0.717) is 6.54 Å². The lowest BCUT2D eigenvalue weighted by Crippen LogP contribution is -2.37. The summed E-state index contributed by atoms with van der Waals surface area (Å²) < 4.78 is 1.13. The zero-order valence-electron chi connectivity index (χ0n) is 9.07. The van der Waals surface area contributed by atoms with Crippen LogP contribution in [0, 0.1) is 0 Å². The molecule has 1 aromatic carbocycles. The molecule has 1 unspecified atom stereocenters. The van der Waals surface area contributed by atoms with Crippen LogP contribution in [0.5, 0.6) is 0 Å². The van der Waals surface area contributed by atoms with Crippen LogP contribution in [-0.4, -0.2) is 18.5 Å². The van der Waals surface area contributed by atoms with Crippen molar-refractivity contribution in [1.29, 1.82) is 0 Å². The molecule has 0 bridgehead atoms. The minimum atomic E-state index is -0.0459. The standard InChI is InChI=1S/C12H14N2OS/c1-8(6-13)14-12(15)10-7-16-11-5-3-2-4-9(10)11/h2-5,7-8H,6,13H2,1H3,(H,14,15). The largest absolute Gasteiger partial charge is 0.348 e.